The van der Waals surface area contributed by atoms with E-state index in [-0.39, 0.29) is 17.6 Å². The van der Waals surface area contributed by atoms with Gasteiger partial charge >= 0.3 is 6.18 Å². The highest BCUT2D eigenvalue weighted by atomic mass is 19.4. The number of piperazine rings is 1. The highest BCUT2D eigenvalue weighted by molar-refractivity contribution is 5.92. The maximum atomic E-state index is 14.1. The van der Waals surface area contributed by atoms with E-state index in [2.05, 4.69) is 4.98 Å². The van der Waals surface area contributed by atoms with Crippen LogP contribution in [0.5, 0.6) is 0 Å². The fourth-order valence-electron chi connectivity index (χ4n) is 4.81. The van der Waals surface area contributed by atoms with Crippen molar-refractivity contribution in [3.8, 4) is 0 Å². The summed E-state index contributed by atoms with van der Waals surface area (Å²) in [5.41, 5.74) is 0.880. The van der Waals surface area contributed by atoms with Crippen LogP contribution in [-0.2, 0) is 19.1 Å². The highest BCUT2D eigenvalue weighted by Crippen LogP contribution is 2.34. The summed E-state index contributed by atoms with van der Waals surface area (Å²) < 4.78 is 55.3. The van der Waals surface area contributed by atoms with Gasteiger partial charge in [-0.1, -0.05) is 30.3 Å². The minimum absolute atomic E-state index is 0.0729. The van der Waals surface area contributed by atoms with Crippen molar-refractivity contribution in [2.75, 3.05) is 31.1 Å². The zero-order chi connectivity index (χ0) is 23.9. The second-order valence-corrected chi connectivity index (χ2v) is 8.78. The fourth-order valence-corrected chi connectivity index (χ4v) is 4.81. The first-order valence-electron chi connectivity index (χ1n) is 11.3. The van der Waals surface area contributed by atoms with E-state index in [1.54, 1.807) is 35.4 Å². The van der Waals surface area contributed by atoms with Gasteiger partial charge in [-0.2, -0.15) is 13.2 Å². The van der Waals surface area contributed by atoms with Crippen molar-refractivity contribution in [1.29, 1.82) is 0 Å². The molecular weight excluding hydrogens is 448 g/mol. The molecule has 34 heavy (non-hydrogen) atoms. The summed E-state index contributed by atoms with van der Waals surface area (Å²) in [4.78, 5) is 21.2. The molecule has 3 heterocycles. The number of para-hydroxylation sites is 1. The van der Waals surface area contributed by atoms with E-state index in [1.165, 1.54) is 18.2 Å². The molecule has 9 heteroatoms. The van der Waals surface area contributed by atoms with Crippen LogP contribution in [0.2, 0.25) is 0 Å². The Balaban J connectivity index is 1.25. The Morgan fingerprint density at radius 1 is 1.00 bits per heavy atom. The summed E-state index contributed by atoms with van der Waals surface area (Å²) in [6.07, 6.45) is -1.40. The molecule has 0 aliphatic carbocycles. The van der Waals surface area contributed by atoms with E-state index in [4.69, 9.17) is 0 Å². The number of anilines is 1. The molecule has 0 N–H and O–H groups in total. The third kappa shape index (κ3) is 4.38. The lowest BCUT2D eigenvalue weighted by Gasteiger charge is -2.35. The number of hydrogen-bond acceptors (Lipinski definition) is 3. The molecule has 2 aliphatic heterocycles. The summed E-state index contributed by atoms with van der Waals surface area (Å²) in [6, 6.07) is 12.1. The molecule has 0 radical (unpaired) electrons. The Morgan fingerprint density at radius 3 is 2.50 bits per heavy atom. The molecule has 1 saturated heterocycles. The Morgan fingerprint density at radius 2 is 1.76 bits per heavy atom. The van der Waals surface area contributed by atoms with Crippen LogP contribution in [0, 0.1) is 5.82 Å². The number of halogens is 4. The highest BCUT2D eigenvalue weighted by Gasteiger charge is 2.32. The van der Waals surface area contributed by atoms with Gasteiger partial charge in [-0.05, 0) is 30.2 Å². The number of imidazole rings is 1. The second kappa shape index (κ2) is 8.77. The predicted molar refractivity (Wildman–Crippen MR) is 119 cm³/mol. The number of hydrogen-bond donors (Lipinski definition) is 0. The number of carbonyl (C=O) groups is 1. The van der Waals surface area contributed by atoms with Gasteiger partial charge in [-0.3, -0.25) is 4.79 Å². The molecule has 2 aliphatic rings. The Labute approximate surface area is 194 Å². The second-order valence-electron chi connectivity index (χ2n) is 8.78. The van der Waals surface area contributed by atoms with E-state index < -0.39 is 11.7 Å². The molecule has 0 saturated carbocycles. The van der Waals surface area contributed by atoms with Crippen molar-refractivity contribution < 1.29 is 22.4 Å². The van der Waals surface area contributed by atoms with Gasteiger partial charge in [0.05, 0.1) is 11.3 Å². The smallest absolute Gasteiger partial charge is 0.366 e. The van der Waals surface area contributed by atoms with Crippen LogP contribution in [-0.4, -0.2) is 46.5 Å². The van der Waals surface area contributed by atoms with Gasteiger partial charge in [0.25, 0.3) is 5.91 Å². The maximum absolute atomic E-state index is 14.1. The fraction of sp³-hybridized carbons (Fsp3) is 0.360. The Hall–Kier alpha value is -3.36. The maximum Gasteiger partial charge on any atom is 0.416 e. The number of carbonyl (C=O) groups excluding carboxylic acids is 1. The third-order valence-corrected chi connectivity index (χ3v) is 6.66. The van der Waals surface area contributed by atoms with Gasteiger partial charge in [-0.15, -0.1) is 0 Å². The number of alkyl halides is 3. The molecule has 1 amide bonds. The number of aromatic nitrogens is 2. The molecule has 1 aromatic heterocycles. The van der Waals surface area contributed by atoms with Crippen molar-refractivity contribution in [2.24, 2.45) is 0 Å². The lowest BCUT2D eigenvalue weighted by molar-refractivity contribution is -0.137. The van der Waals surface area contributed by atoms with Crippen LogP contribution in [0.15, 0.2) is 54.7 Å². The summed E-state index contributed by atoms with van der Waals surface area (Å²) >= 11 is 0. The van der Waals surface area contributed by atoms with Crippen molar-refractivity contribution in [3.63, 3.8) is 0 Å². The molecule has 1 fully saturated rings. The molecule has 0 spiro atoms. The SMILES string of the molecule is O=C(c1cn2c(n1)CC[C@@H](c1cccc(C(F)(F)F)c1)C2)N1CCN(c2ccccc2F)CC1. The van der Waals surface area contributed by atoms with Gasteiger partial charge in [-0.25, -0.2) is 9.37 Å². The molecule has 0 bridgehead atoms. The van der Waals surface area contributed by atoms with Crippen molar-refractivity contribution in [2.45, 2.75) is 31.5 Å². The monoisotopic (exact) mass is 472 g/mol. The summed E-state index contributed by atoms with van der Waals surface area (Å²) in [5.74, 6) is 0.248. The summed E-state index contributed by atoms with van der Waals surface area (Å²) in [5, 5.41) is 0. The zero-order valence-electron chi connectivity index (χ0n) is 18.4. The Bertz CT molecular complexity index is 1200. The molecule has 1 atom stereocenters. The average molecular weight is 472 g/mol. The number of rotatable bonds is 3. The van der Waals surface area contributed by atoms with Gasteiger partial charge in [0.1, 0.15) is 17.3 Å². The normalized spacial score (nSPS) is 18.6. The van der Waals surface area contributed by atoms with Crippen LogP contribution >= 0.6 is 0 Å². The minimum atomic E-state index is -4.37. The summed E-state index contributed by atoms with van der Waals surface area (Å²) in [6.45, 7) is 2.46. The average Bonchev–Trinajstić information content (AvgIpc) is 3.27. The topological polar surface area (TPSA) is 41.4 Å². The molecule has 0 unspecified atom stereocenters. The quantitative estimate of drug-likeness (QED) is 0.518. The molecule has 5 nitrogen and oxygen atoms in total. The number of benzene rings is 2. The largest absolute Gasteiger partial charge is 0.416 e. The number of amides is 1. The Kier molecular flexibility index (Phi) is 5.79. The van der Waals surface area contributed by atoms with Crippen LogP contribution in [0.25, 0.3) is 0 Å². The van der Waals surface area contributed by atoms with E-state index in [0.29, 0.717) is 62.5 Å². The van der Waals surface area contributed by atoms with E-state index in [9.17, 15) is 22.4 Å². The predicted octanol–water partition coefficient (Wildman–Crippen LogP) is 4.73. The van der Waals surface area contributed by atoms with Crippen LogP contribution < -0.4 is 4.90 Å². The third-order valence-electron chi connectivity index (χ3n) is 6.66. The molecule has 178 valence electrons. The van der Waals surface area contributed by atoms with E-state index >= 15 is 0 Å². The first-order valence-corrected chi connectivity index (χ1v) is 11.3. The van der Waals surface area contributed by atoms with Crippen molar-refractivity contribution in [3.05, 3.63) is 83.2 Å². The number of fused-ring (bicyclic) bond motifs is 1. The minimum Gasteiger partial charge on any atom is -0.366 e. The van der Waals surface area contributed by atoms with E-state index in [1.807, 2.05) is 9.47 Å². The van der Waals surface area contributed by atoms with Gasteiger partial charge < -0.3 is 14.4 Å². The lowest BCUT2D eigenvalue weighted by Crippen LogP contribution is -2.49. The number of aryl methyl sites for hydroxylation is 1. The van der Waals surface area contributed by atoms with Crippen LogP contribution in [0.3, 0.4) is 0 Å². The number of nitrogens with zero attached hydrogens (tertiary/aromatic N) is 4. The van der Waals surface area contributed by atoms with Crippen LogP contribution in [0.4, 0.5) is 23.2 Å². The summed E-state index contributed by atoms with van der Waals surface area (Å²) in [7, 11) is 0. The van der Waals surface area contributed by atoms with Crippen molar-refractivity contribution >= 4 is 11.6 Å². The van der Waals surface area contributed by atoms with Crippen molar-refractivity contribution in [1.82, 2.24) is 14.5 Å². The first kappa shape index (κ1) is 22.4. The lowest BCUT2D eigenvalue weighted by atomic mass is 9.90. The molecule has 2 aromatic carbocycles. The van der Waals surface area contributed by atoms with Crippen LogP contribution in [0.1, 0.15) is 39.8 Å². The first-order chi connectivity index (χ1) is 16.3. The standard InChI is InChI=1S/C25H24F4N4O/c26-20-6-1-2-7-22(20)31-10-12-32(13-11-31)24(34)21-16-33-15-18(8-9-23(33)30-21)17-4-3-5-19(14-17)25(27,28)29/h1-7,14,16,18H,8-13,15H2/t18-/m1/s1. The zero-order valence-corrected chi connectivity index (χ0v) is 18.4. The van der Waals surface area contributed by atoms with Gasteiger partial charge in [0.2, 0.25) is 0 Å². The molecule has 3 aromatic rings. The molecule has 5 rings (SSSR count). The van der Waals surface area contributed by atoms with E-state index in [0.717, 1.165) is 11.9 Å². The molecular formula is C25H24F4N4O. The van der Waals surface area contributed by atoms with Gasteiger partial charge in [0.15, 0.2) is 0 Å². The van der Waals surface area contributed by atoms with Gasteiger partial charge in [0, 0.05) is 51.3 Å².